The van der Waals surface area contributed by atoms with E-state index < -0.39 is 0 Å². The van der Waals surface area contributed by atoms with Crippen molar-refractivity contribution in [3.8, 4) is 0 Å². The molecule has 0 aromatic heterocycles. The van der Waals surface area contributed by atoms with Gasteiger partial charge in [-0.3, -0.25) is 4.99 Å². The van der Waals surface area contributed by atoms with Crippen LogP contribution in [0.25, 0.3) is 0 Å². The molecule has 0 aromatic rings. The molecule has 1 fully saturated rings. The lowest BCUT2D eigenvalue weighted by Crippen LogP contribution is -2.41. The first-order valence-electron chi connectivity index (χ1n) is 7.02. The van der Waals surface area contributed by atoms with Crippen LogP contribution in [-0.2, 0) is 0 Å². The number of rotatable bonds is 4. The minimum atomic E-state index is 0. The highest BCUT2D eigenvalue weighted by Gasteiger charge is 2.23. The predicted molar refractivity (Wildman–Crippen MR) is 98.7 cm³/mol. The van der Waals surface area contributed by atoms with Crippen molar-refractivity contribution in [2.75, 3.05) is 12.8 Å². The molecule has 0 radical (unpaired) electrons. The van der Waals surface area contributed by atoms with Crippen molar-refractivity contribution in [1.82, 2.24) is 5.32 Å². The van der Waals surface area contributed by atoms with Crippen molar-refractivity contribution in [1.29, 1.82) is 0 Å². The number of aliphatic imine (C=N–C) groups is 1. The molecule has 0 spiro atoms. The van der Waals surface area contributed by atoms with E-state index in [4.69, 9.17) is 5.73 Å². The Morgan fingerprint density at radius 3 is 2.37 bits per heavy atom. The number of halogens is 1. The lowest BCUT2D eigenvalue weighted by Gasteiger charge is -2.28. The summed E-state index contributed by atoms with van der Waals surface area (Å²) >= 11 is 1.87. The van der Waals surface area contributed by atoms with E-state index in [0.29, 0.717) is 17.3 Å². The van der Waals surface area contributed by atoms with E-state index >= 15 is 0 Å². The second-order valence-corrected chi connectivity index (χ2v) is 7.34. The first kappa shape index (κ1) is 19.4. The average molecular weight is 399 g/mol. The van der Waals surface area contributed by atoms with E-state index in [2.05, 4.69) is 37.3 Å². The van der Waals surface area contributed by atoms with E-state index in [1.54, 1.807) is 0 Å². The van der Waals surface area contributed by atoms with Crippen LogP contribution < -0.4 is 11.1 Å². The van der Waals surface area contributed by atoms with Crippen molar-refractivity contribution in [3.63, 3.8) is 0 Å². The highest BCUT2D eigenvalue weighted by molar-refractivity contribution is 14.0. The predicted octanol–water partition coefficient (Wildman–Crippen LogP) is 3.62. The van der Waals surface area contributed by atoms with Crippen LogP contribution >= 0.6 is 35.7 Å². The monoisotopic (exact) mass is 399 g/mol. The van der Waals surface area contributed by atoms with Gasteiger partial charge in [0, 0.05) is 11.3 Å². The van der Waals surface area contributed by atoms with Gasteiger partial charge in [-0.05, 0) is 24.5 Å². The van der Waals surface area contributed by atoms with E-state index in [1.165, 1.54) is 32.1 Å². The average Bonchev–Trinajstić information content (AvgIpc) is 2.29. The zero-order chi connectivity index (χ0) is 13.6. The lowest BCUT2D eigenvalue weighted by atomic mass is 9.92. The molecule has 0 amide bonds. The van der Waals surface area contributed by atoms with Crippen LogP contribution in [0.4, 0.5) is 0 Å². The maximum Gasteiger partial charge on any atom is 0.188 e. The third-order valence-corrected chi connectivity index (χ3v) is 5.06. The molecule has 1 aliphatic carbocycles. The number of nitrogens with one attached hydrogen (secondary N) is 1. The molecule has 0 aliphatic heterocycles. The number of nitrogens with two attached hydrogens (primary N) is 1. The van der Waals surface area contributed by atoms with Gasteiger partial charge in [-0.15, -0.1) is 24.0 Å². The van der Waals surface area contributed by atoms with Gasteiger partial charge in [0.15, 0.2) is 5.96 Å². The smallest absolute Gasteiger partial charge is 0.188 e. The molecular formula is C14H30IN3S. The molecule has 0 heterocycles. The van der Waals surface area contributed by atoms with Crippen LogP contribution in [0.15, 0.2) is 4.99 Å². The molecule has 0 aromatic carbocycles. The zero-order valence-corrected chi connectivity index (χ0v) is 15.9. The molecule has 0 saturated heterocycles. The molecule has 1 atom stereocenters. The maximum absolute atomic E-state index is 5.98. The standard InChI is InChI=1S/C14H29N3S.HI/c1-14(2,3)12(18-4)10-16-13(15)17-11-8-6-5-7-9-11;/h11-12H,5-10H2,1-4H3,(H3,15,16,17);1H. The first-order valence-corrected chi connectivity index (χ1v) is 8.31. The summed E-state index contributed by atoms with van der Waals surface area (Å²) in [7, 11) is 0. The summed E-state index contributed by atoms with van der Waals surface area (Å²) < 4.78 is 0. The van der Waals surface area contributed by atoms with Crippen LogP contribution in [-0.4, -0.2) is 30.1 Å². The third-order valence-electron chi connectivity index (χ3n) is 3.64. The minimum Gasteiger partial charge on any atom is -0.370 e. The first-order chi connectivity index (χ1) is 8.43. The molecule has 19 heavy (non-hydrogen) atoms. The quantitative estimate of drug-likeness (QED) is 0.431. The number of thioether (sulfide) groups is 1. The van der Waals surface area contributed by atoms with Crippen molar-refractivity contribution in [3.05, 3.63) is 0 Å². The van der Waals surface area contributed by atoms with Gasteiger partial charge < -0.3 is 11.1 Å². The van der Waals surface area contributed by atoms with Crippen molar-refractivity contribution < 1.29 is 0 Å². The van der Waals surface area contributed by atoms with Crippen LogP contribution in [0.3, 0.4) is 0 Å². The topological polar surface area (TPSA) is 50.4 Å². The zero-order valence-electron chi connectivity index (χ0n) is 12.7. The van der Waals surface area contributed by atoms with Gasteiger partial charge >= 0.3 is 0 Å². The molecule has 1 rings (SSSR count). The Morgan fingerprint density at radius 2 is 1.89 bits per heavy atom. The third kappa shape index (κ3) is 7.63. The Morgan fingerprint density at radius 1 is 1.32 bits per heavy atom. The summed E-state index contributed by atoms with van der Waals surface area (Å²) in [5.41, 5.74) is 6.25. The summed E-state index contributed by atoms with van der Waals surface area (Å²) in [6.07, 6.45) is 8.63. The minimum absolute atomic E-state index is 0. The number of hydrogen-bond donors (Lipinski definition) is 2. The molecule has 3 nitrogen and oxygen atoms in total. The van der Waals surface area contributed by atoms with Crippen LogP contribution in [0.5, 0.6) is 0 Å². The SMILES string of the molecule is CSC(CN=C(N)NC1CCCCC1)C(C)(C)C.I. The van der Waals surface area contributed by atoms with Gasteiger partial charge in [0.1, 0.15) is 0 Å². The molecule has 1 aliphatic rings. The number of hydrogen-bond acceptors (Lipinski definition) is 2. The van der Waals surface area contributed by atoms with Gasteiger partial charge in [0.2, 0.25) is 0 Å². The highest BCUT2D eigenvalue weighted by Crippen LogP contribution is 2.28. The Kier molecular flexibility index (Phi) is 9.49. The fourth-order valence-electron chi connectivity index (χ4n) is 2.38. The summed E-state index contributed by atoms with van der Waals surface area (Å²) in [6.45, 7) is 7.58. The highest BCUT2D eigenvalue weighted by atomic mass is 127. The Balaban J connectivity index is 0.00000324. The second kappa shape index (κ2) is 9.32. The van der Waals surface area contributed by atoms with Crippen molar-refractivity contribution >= 4 is 41.7 Å². The summed E-state index contributed by atoms with van der Waals surface area (Å²) in [4.78, 5) is 4.52. The van der Waals surface area contributed by atoms with E-state index in [9.17, 15) is 0 Å². The summed E-state index contributed by atoms with van der Waals surface area (Å²) in [6, 6.07) is 0.546. The Hall–Kier alpha value is 0.350. The van der Waals surface area contributed by atoms with E-state index in [0.717, 1.165) is 6.54 Å². The maximum atomic E-state index is 5.98. The van der Waals surface area contributed by atoms with Crippen LogP contribution in [0.1, 0.15) is 52.9 Å². The Labute approximate surface area is 140 Å². The largest absolute Gasteiger partial charge is 0.370 e. The lowest BCUT2D eigenvalue weighted by molar-refractivity contribution is 0.396. The second-order valence-electron chi connectivity index (χ2n) is 6.30. The van der Waals surface area contributed by atoms with Gasteiger partial charge in [-0.25, -0.2) is 0 Å². The molecule has 5 heteroatoms. The molecule has 1 saturated carbocycles. The van der Waals surface area contributed by atoms with Crippen LogP contribution in [0, 0.1) is 5.41 Å². The number of guanidine groups is 1. The van der Waals surface area contributed by atoms with Gasteiger partial charge in [0.05, 0.1) is 6.54 Å². The molecule has 0 bridgehead atoms. The van der Waals surface area contributed by atoms with E-state index in [-0.39, 0.29) is 29.4 Å². The van der Waals surface area contributed by atoms with Gasteiger partial charge in [-0.1, -0.05) is 40.0 Å². The molecule has 114 valence electrons. The fourth-order valence-corrected chi connectivity index (χ4v) is 3.32. The molecule has 1 unspecified atom stereocenters. The van der Waals surface area contributed by atoms with Crippen molar-refractivity contribution in [2.45, 2.75) is 64.2 Å². The Bertz CT molecular complexity index is 270. The van der Waals surface area contributed by atoms with Gasteiger partial charge in [-0.2, -0.15) is 11.8 Å². The van der Waals surface area contributed by atoms with E-state index in [1.807, 2.05) is 11.8 Å². The summed E-state index contributed by atoms with van der Waals surface area (Å²) in [5.74, 6) is 0.630. The normalized spacial score (nSPS) is 19.7. The van der Waals surface area contributed by atoms with Crippen LogP contribution in [0.2, 0.25) is 0 Å². The number of nitrogens with zero attached hydrogens (tertiary/aromatic N) is 1. The fraction of sp³-hybridized carbons (Fsp3) is 0.929. The summed E-state index contributed by atoms with van der Waals surface area (Å²) in [5, 5.41) is 3.89. The van der Waals surface area contributed by atoms with Crippen molar-refractivity contribution in [2.24, 2.45) is 16.1 Å². The molecule has 3 N–H and O–H groups in total. The molecular weight excluding hydrogens is 369 g/mol. The van der Waals surface area contributed by atoms with Gasteiger partial charge in [0.25, 0.3) is 0 Å².